The molecule has 56 heavy (non-hydrogen) atoms. The normalized spacial score (nSPS) is 22.3. The number of aliphatic hydroxyl groups excluding tert-OH is 6. The summed E-state index contributed by atoms with van der Waals surface area (Å²) in [4.78, 5) is 13.0. The van der Waals surface area contributed by atoms with Crippen molar-refractivity contribution < 1.29 is 44.9 Å². The SMILES string of the molecule is CCCCCCCCCCCCCCCCCCCCC[C@@H](O)C(=O)N[C@@H](COC1OC(CO)C(O)C(O)C1O)[C@H](O)/C=C/CCCCCCCCC(C)CC. The molecule has 0 saturated carbocycles. The third kappa shape index (κ3) is 26.1. The maximum Gasteiger partial charge on any atom is 0.249 e. The minimum absolute atomic E-state index is 0.303. The average Bonchev–Trinajstić information content (AvgIpc) is 3.20. The molecule has 10 nitrogen and oxygen atoms in total. The summed E-state index contributed by atoms with van der Waals surface area (Å²) in [7, 11) is 0. The van der Waals surface area contributed by atoms with Crippen LogP contribution in [0, 0.1) is 5.92 Å². The molecular formula is C46H89NO9. The molecule has 0 spiro atoms. The molecule has 1 fully saturated rings. The Morgan fingerprint density at radius 3 is 1.61 bits per heavy atom. The second-order valence-electron chi connectivity index (χ2n) is 16.9. The van der Waals surface area contributed by atoms with Gasteiger partial charge in [-0.25, -0.2) is 0 Å². The molecule has 1 aliphatic rings. The molecule has 0 aliphatic carbocycles. The predicted octanol–water partition coefficient (Wildman–Crippen LogP) is 8.55. The first-order valence-electron chi connectivity index (χ1n) is 23.4. The number of hydrogen-bond donors (Lipinski definition) is 7. The van der Waals surface area contributed by atoms with Crippen molar-refractivity contribution in [1.29, 1.82) is 0 Å². The fraction of sp³-hybridized carbons (Fsp3) is 0.935. The lowest BCUT2D eigenvalue weighted by Crippen LogP contribution is -2.60. The summed E-state index contributed by atoms with van der Waals surface area (Å²) in [6.45, 7) is 5.92. The first-order valence-corrected chi connectivity index (χ1v) is 23.4. The average molecular weight is 800 g/mol. The highest BCUT2D eigenvalue weighted by atomic mass is 16.7. The summed E-state index contributed by atoms with van der Waals surface area (Å²) in [6.07, 6.45) is 28.8. The van der Waals surface area contributed by atoms with E-state index < -0.39 is 61.5 Å². The maximum atomic E-state index is 13.0. The molecule has 0 aromatic heterocycles. The number of ether oxygens (including phenoxy) is 2. The van der Waals surface area contributed by atoms with Gasteiger partial charge in [-0.3, -0.25) is 4.79 Å². The second-order valence-corrected chi connectivity index (χ2v) is 16.9. The maximum absolute atomic E-state index is 13.0. The first-order chi connectivity index (χ1) is 27.2. The van der Waals surface area contributed by atoms with Crippen molar-refractivity contribution in [3.05, 3.63) is 12.2 Å². The number of carbonyl (C=O) groups is 1. The molecule has 7 N–H and O–H groups in total. The molecule has 0 aromatic carbocycles. The fourth-order valence-electron chi connectivity index (χ4n) is 7.49. The summed E-state index contributed by atoms with van der Waals surface area (Å²) < 4.78 is 11.1. The van der Waals surface area contributed by atoms with E-state index in [1.807, 2.05) is 6.08 Å². The molecule has 6 unspecified atom stereocenters. The molecule has 332 valence electrons. The molecule has 1 heterocycles. The van der Waals surface area contributed by atoms with Gasteiger partial charge in [0.15, 0.2) is 6.29 Å². The lowest BCUT2D eigenvalue weighted by Gasteiger charge is -2.40. The molecule has 0 radical (unpaired) electrons. The van der Waals surface area contributed by atoms with Crippen LogP contribution in [0.15, 0.2) is 12.2 Å². The van der Waals surface area contributed by atoms with Crippen LogP contribution in [0.1, 0.15) is 207 Å². The number of carbonyl (C=O) groups excluding carboxylic acids is 1. The van der Waals surface area contributed by atoms with E-state index in [2.05, 4.69) is 26.1 Å². The number of allylic oxidation sites excluding steroid dienone is 1. The zero-order valence-electron chi connectivity index (χ0n) is 36.2. The number of aliphatic hydroxyl groups is 6. The third-order valence-corrected chi connectivity index (χ3v) is 11.8. The zero-order chi connectivity index (χ0) is 41.2. The number of rotatable bonds is 38. The van der Waals surface area contributed by atoms with Crippen LogP contribution >= 0.6 is 0 Å². The van der Waals surface area contributed by atoms with Gasteiger partial charge in [-0.2, -0.15) is 0 Å². The standard InChI is InChI=1S/C46H89NO9/c1-4-6-7-8-9-10-11-12-13-14-15-16-17-18-19-20-25-28-31-34-40(50)45(54)47-38(36-55-46-44(53)43(52)42(51)41(35-48)56-46)39(49)33-30-27-24-22-21-23-26-29-32-37(3)5-2/h30,33,37-44,46,48-53H,4-29,31-32,34-36H2,1-3H3,(H,47,54)/b33-30+/t37?,38-,39+,40+,41?,42?,43?,44?,46?/m0/s1. The minimum Gasteiger partial charge on any atom is -0.394 e. The van der Waals surface area contributed by atoms with Crippen molar-refractivity contribution in [3.8, 4) is 0 Å². The van der Waals surface area contributed by atoms with Crippen LogP contribution in [0.25, 0.3) is 0 Å². The van der Waals surface area contributed by atoms with Gasteiger partial charge < -0.3 is 45.4 Å². The summed E-state index contributed by atoms with van der Waals surface area (Å²) in [5.74, 6) is 0.185. The highest BCUT2D eigenvalue weighted by Crippen LogP contribution is 2.23. The van der Waals surface area contributed by atoms with Gasteiger partial charge in [0, 0.05) is 0 Å². The second kappa shape index (κ2) is 35.8. The number of amides is 1. The van der Waals surface area contributed by atoms with E-state index in [0.29, 0.717) is 6.42 Å². The Kier molecular flexibility index (Phi) is 33.8. The smallest absolute Gasteiger partial charge is 0.249 e. The van der Waals surface area contributed by atoms with E-state index in [4.69, 9.17) is 9.47 Å². The quantitative estimate of drug-likeness (QED) is 0.0239. The third-order valence-electron chi connectivity index (χ3n) is 11.8. The monoisotopic (exact) mass is 800 g/mol. The number of hydrogen-bond acceptors (Lipinski definition) is 9. The van der Waals surface area contributed by atoms with E-state index in [1.54, 1.807) is 6.08 Å². The van der Waals surface area contributed by atoms with Gasteiger partial charge >= 0.3 is 0 Å². The van der Waals surface area contributed by atoms with Gasteiger partial charge in [-0.05, 0) is 25.2 Å². The molecule has 10 heteroatoms. The molecule has 1 saturated heterocycles. The Morgan fingerprint density at radius 2 is 1.12 bits per heavy atom. The first kappa shape index (κ1) is 52.9. The van der Waals surface area contributed by atoms with E-state index in [1.165, 1.54) is 135 Å². The highest BCUT2D eigenvalue weighted by Gasteiger charge is 2.44. The van der Waals surface area contributed by atoms with Gasteiger partial charge in [-0.15, -0.1) is 0 Å². The van der Waals surface area contributed by atoms with Crippen LogP contribution in [0.2, 0.25) is 0 Å². The fourth-order valence-corrected chi connectivity index (χ4v) is 7.49. The molecule has 0 aromatic rings. The Labute approximate surface area is 342 Å². The minimum atomic E-state index is -1.61. The van der Waals surface area contributed by atoms with Gasteiger partial charge in [0.2, 0.25) is 5.91 Å². The molecule has 1 amide bonds. The Balaban J connectivity index is 2.37. The molecule has 1 rings (SSSR count). The van der Waals surface area contributed by atoms with Crippen LogP contribution in [0.5, 0.6) is 0 Å². The van der Waals surface area contributed by atoms with Crippen LogP contribution in [0.4, 0.5) is 0 Å². The summed E-state index contributed by atoms with van der Waals surface area (Å²) in [6, 6.07) is -0.976. The Bertz CT molecular complexity index is 921. The van der Waals surface area contributed by atoms with Crippen molar-refractivity contribution >= 4 is 5.91 Å². The van der Waals surface area contributed by atoms with Crippen LogP contribution < -0.4 is 5.32 Å². The summed E-state index contributed by atoms with van der Waals surface area (Å²) in [5, 5.41) is 64.6. The van der Waals surface area contributed by atoms with Crippen molar-refractivity contribution in [2.75, 3.05) is 13.2 Å². The van der Waals surface area contributed by atoms with Gasteiger partial charge in [0.1, 0.15) is 30.5 Å². The van der Waals surface area contributed by atoms with Crippen molar-refractivity contribution in [2.45, 2.75) is 256 Å². The Morgan fingerprint density at radius 1 is 0.661 bits per heavy atom. The number of unbranched alkanes of at least 4 members (excludes halogenated alkanes) is 24. The van der Waals surface area contributed by atoms with E-state index in [0.717, 1.165) is 50.9 Å². The summed E-state index contributed by atoms with van der Waals surface area (Å²) in [5.41, 5.74) is 0. The van der Waals surface area contributed by atoms with Crippen LogP contribution in [0.3, 0.4) is 0 Å². The van der Waals surface area contributed by atoms with Crippen molar-refractivity contribution in [1.82, 2.24) is 5.32 Å². The zero-order valence-corrected chi connectivity index (χ0v) is 36.2. The van der Waals surface area contributed by atoms with Gasteiger partial charge in [0.25, 0.3) is 0 Å². The van der Waals surface area contributed by atoms with Crippen molar-refractivity contribution in [3.63, 3.8) is 0 Å². The lowest BCUT2D eigenvalue weighted by molar-refractivity contribution is -0.302. The molecule has 9 atom stereocenters. The van der Waals surface area contributed by atoms with E-state index >= 15 is 0 Å². The van der Waals surface area contributed by atoms with Crippen molar-refractivity contribution in [2.24, 2.45) is 5.92 Å². The largest absolute Gasteiger partial charge is 0.394 e. The van der Waals surface area contributed by atoms with Crippen LogP contribution in [-0.4, -0.2) is 98.7 Å². The van der Waals surface area contributed by atoms with Gasteiger partial charge in [0.05, 0.1) is 25.4 Å². The van der Waals surface area contributed by atoms with Crippen LogP contribution in [-0.2, 0) is 14.3 Å². The van der Waals surface area contributed by atoms with E-state index in [-0.39, 0.29) is 6.61 Å². The lowest BCUT2D eigenvalue weighted by atomic mass is 9.99. The topological polar surface area (TPSA) is 169 Å². The molecular weight excluding hydrogens is 711 g/mol. The van der Waals surface area contributed by atoms with E-state index in [9.17, 15) is 35.4 Å². The molecule has 1 aliphatic heterocycles. The highest BCUT2D eigenvalue weighted by molar-refractivity contribution is 5.80. The molecule has 0 bridgehead atoms. The Hall–Kier alpha value is -1.11. The predicted molar refractivity (Wildman–Crippen MR) is 227 cm³/mol. The summed E-state index contributed by atoms with van der Waals surface area (Å²) >= 11 is 0. The number of nitrogens with one attached hydrogen (secondary N) is 1. The van der Waals surface area contributed by atoms with Gasteiger partial charge in [-0.1, -0.05) is 200 Å².